The van der Waals surface area contributed by atoms with Crippen LogP contribution in [0.1, 0.15) is 11.1 Å². The number of carbonyl (C=O) groups is 2. The molecule has 0 aliphatic rings. The summed E-state index contributed by atoms with van der Waals surface area (Å²) < 4.78 is 33.1. The van der Waals surface area contributed by atoms with Gasteiger partial charge >= 0.3 is 5.97 Å². The minimum absolute atomic E-state index is 0.326. The van der Waals surface area contributed by atoms with Crippen LogP contribution in [0.25, 0.3) is 6.08 Å². The first-order valence-electron chi connectivity index (χ1n) is 8.66. The predicted octanol–water partition coefficient (Wildman–Crippen LogP) is 3.40. The summed E-state index contributed by atoms with van der Waals surface area (Å²) in [6.07, 6.45) is 6.00. The van der Waals surface area contributed by atoms with Gasteiger partial charge in [0.15, 0.2) is 6.61 Å². The molecule has 0 spiro atoms. The standard InChI is InChI=1S/C21H17F2N3O3/c22-17-7-8-18(23)19(10-17)25-20(27)14-29-21(28)9-6-16-11-24-26(13-16)12-15-4-2-1-3-5-15/h1-11,13H,12,14H2,(H,25,27)/b9-6+. The molecule has 6 nitrogen and oxygen atoms in total. The molecule has 0 aliphatic carbocycles. The Hall–Kier alpha value is -3.81. The van der Waals surface area contributed by atoms with Gasteiger partial charge in [0.05, 0.1) is 18.4 Å². The van der Waals surface area contributed by atoms with Gasteiger partial charge in [0, 0.05) is 23.9 Å². The highest BCUT2D eigenvalue weighted by atomic mass is 19.1. The van der Waals surface area contributed by atoms with Crippen molar-refractivity contribution in [1.29, 1.82) is 0 Å². The number of hydrogen-bond donors (Lipinski definition) is 1. The van der Waals surface area contributed by atoms with E-state index in [2.05, 4.69) is 10.4 Å². The van der Waals surface area contributed by atoms with Crippen molar-refractivity contribution in [2.45, 2.75) is 6.54 Å². The van der Waals surface area contributed by atoms with Crippen molar-refractivity contribution >= 4 is 23.6 Å². The molecule has 0 bridgehead atoms. The van der Waals surface area contributed by atoms with E-state index in [-0.39, 0.29) is 5.69 Å². The zero-order valence-corrected chi connectivity index (χ0v) is 15.2. The van der Waals surface area contributed by atoms with Crippen molar-refractivity contribution in [3.8, 4) is 0 Å². The molecule has 0 aliphatic heterocycles. The minimum atomic E-state index is -0.793. The monoisotopic (exact) mass is 397 g/mol. The van der Waals surface area contributed by atoms with Crippen LogP contribution in [0.2, 0.25) is 0 Å². The molecule has 0 atom stereocenters. The Kier molecular flexibility index (Phi) is 6.47. The molecule has 3 aromatic rings. The number of hydrogen-bond acceptors (Lipinski definition) is 4. The van der Waals surface area contributed by atoms with Crippen LogP contribution in [0.3, 0.4) is 0 Å². The lowest BCUT2D eigenvalue weighted by atomic mass is 10.2. The van der Waals surface area contributed by atoms with Crippen LogP contribution >= 0.6 is 0 Å². The molecule has 1 N–H and O–H groups in total. The van der Waals surface area contributed by atoms with Gasteiger partial charge in [-0.1, -0.05) is 30.3 Å². The van der Waals surface area contributed by atoms with Crippen LogP contribution in [0.15, 0.2) is 67.0 Å². The number of nitrogens with one attached hydrogen (secondary N) is 1. The topological polar surface area (TPSA) is 73.2 Å². The van der Waals surface area contributed by atoms with Crippen molar-refractivity contribution in [3.63, 3.8) is 0 Å². The van der Waals surface area contributed by atoms with Crippen LogP contribution in [0.4, 0.5) is 14.5 Å². The van der Waals surface area contributed by atoms with E-state index in [4.69, 9.17) is 4.74 Å². The number of rotatable bonds is 7. The minimum Gasteiger partial charge on any atom is -0.452 e. The summed E-state index contributed by atoms with van der Waals surface area (Å²) >= 11 is 0. The second-order valence-electron chi connectivity index (χ2n) is 6.07. The molecule has 148 valence electrons. The van der Waals surface area contributed by atoms with Gasteiger partial charge in [0.25, 0.3) is 5.91 Å². The van der Waals surface area contributed by atoms with E-state index in [0.717, 1.165) is 29.8 Å². The van der Waals surface area contributed by atoms with Gasteiger partial charge in [-0.3, -0.25) is 9.48 Å². The number of esters is 1. The predicted molar refractivity (Wildman–Crippen MR) is 103 cm³/mol. The Morgan fingerprint density at radius 3 is 2.72 bits per heavy atom. The zero-order chi connectivity index (χ0) is 20.6. The lowest BCUT2D eigenvalue weighted by Crippen LogP contribution is -2.20. The summed E-state index contributed by atoms with van der Waals surface area (Å²) in [7, 11) is 0. The van der Waals surface area contributed by atoms with Gasteiger partial charge < -0.3 is 10.1 Å². The molecule has 3 rings (SSSR count). The van der Waals surface area contributed by atoms with Gasteiger partial charge in [-0.25, -0.2) is 13.6 Å². The van der Waals surface area contributed by atoms with E-state index in [9.17, 15) is 18.4 Å². The molecular weight excluding hydrogens is 380 g/mol. The van der Waals surface area contributed by atoms with Gasteiger partial charge in [-0.2, -0.15) is 5.10 Å². The van der Waals surface area contributed by atoms with Gasteiger partial charge in [0.2, 0.25) is 0 Å². The van der Waals surface area contributed by atoms with E-state index in [1.807, 2.05) is 30.3 Å². The Morgan fingerprint density at radius 2 is 1.93 bits per heavy atom. The summed E-state index contributed by atoms with van der Waals surface area (Å²) in [6, 6.07) is 12.4. The van der Waals surface area contributed by atoms with Crippen LogP contribution in [0.5, 0.6) is 0 Å². The number of aromatic nitrogens is 2. The maximum Gasteiger partial charge on any atom is 0.331 e. The van der Waals surface area contributed by atoms with Gasteiger partial charge in [0.1, 0.15) is 11.6 Å². The molecule has 1 aromatic heterocycles. The SMILES string of the molecule is O=C(COC(=O)/C=C/c1cnn(Cc2ccccc2)c1)Nc1cc(F)ccc1F. The molecule has 8 heteroatoms. The van der Waals surface area contributed by atoms with E-state index >= 15 is 0 Å². The van der Waals surface area contributed by atoms with Crippen molar-refractivity contribution in [1.82, 2.24) is 9.78 Å². The molecule has 1 heterocycles. The highest BCUT2D eigenvalue weighted by molar-refractivity contribution is 5.94. The average Bonchev–Trinajstić information content (AvgIpc) is 3.15. The molecule has 0 unspecified atom stereocenters. The third kappa shape index (κ3) is 6.10. The number of ether oxygens (including phenoxy) is 1. The van der Waals surface area contributed by atoms with Crippen molar-refractivity contribution in [3.05, 3.63) is 89.8 Å². The number of anilines is 1. The average molecular weight is 397 g/mol. The summed E-state index contributed by atoms with van der Waals surface area (Å²) in [4.78, 5) is 23.5. The smallest absolute Gasteiger partial charge is 0.331 e. The van der Waals surface area contributed by atoms with Crippen molar-refractivity contribution in [2.75, 3.05) is 11.9 Å². The van der Waals surface area contributed by atoms with Crippen LogP contribution in [-0.2, 0) is 20.9 Å². The van der Waals surface area contributed by atoms with Gasteiger partial charge in [-0.15, -0.1) is 0 Å². The van der Waals surface area contributed by atoms with Crippen molar-refractivity contribution < 1.29 is 23.1 Å². The first kappa shape index (κ1) is 19.9. The molecule has 1 amide bonds. The summed E-state index contributed by atoms with van der Waals surface area (Å²) in [6.45, 7) is -0.0394. The Morgan fingerprint density at radius 1 is 1.14 bits per heavy atom. The fourth-order valence-electron chi connectivity index (χ4n) is 2.45. The summed E-state index contributed by atoms with van der Waals surface area (Å²) in [5.41, 5.74) is 1.45. The number of carbonyl (C=O) groups excluding carboxylic acids is 2. The third-order valence-electron chi connectivity index (χ3n) is 3.80. The Bertz CT molecular complexity index is 1030. The second kappa shape index (κ2) is 9.41. The fourth-order valence-corrected chi connectivity index (χ4v) is 2.45. The molecule has 0 saturated heterocycles. The van der Waals surface area contributed by atoms with Gasteiger partial charge in [-0.05, 0) is 23.8 Å². The van der Waals surface area contributed by atoms with E-state index < -0.39 is 30.1 Å². The Labute approximate surface area is 165 Å². The molecular formula is C21H17F2N3O3. The number of halogens is 2. The highest BCUT2D eigenvalue weighted by Crippen LogP contribution is 2.15. The van der Waals surface area contributed by atoms with Crippen molar-refractivity contribution in [2.24, 2.45) is 0 Å². The van der Waals surface area contributed by atoms with E-state index in [1.54, 1.807) is 17.1 Å². The Balaban J connectivity index is 1.47. The van der Waals surface area contributed by atoms with Crippen LogP contribution < -0.4 is 5.32 Å². The lowest BCUT2D eigenvalue weighted by molar-refractivity contribution is -0.142. The first-order valence-corrected chi connectivity index (χ1v) is 8.66. The summed E-state index contributed by atoms with van der Waals surface area (Å²) in [5, 5.41) is 6.35. The maximum absolute atomic E-state index is 13.5. The highest BCUT2D eigenvalue weighted by Gasteiger charge is 2.10. The quantitative estimate of drug-likeness (QED) is 0.490. The van der Waals surface area contributed by atoms with E-state index in [1.165, 1.54) is 6.08 Å². The van der Waals surface area contributed by atoms with E-state index in [0.29, 0.717) is 12.1 Å². The molecule has 0 saturated carbocycles. The largest absolute Gasteiger partial charge is 0.452 e. The third-order valence-corrected chi connectivity index (χ3v) is 3.80. The number of nitrogens with zero attached hydrogens (tertiary/aromatic N) is 2. The number of amides is 1. The zero-order valence-electron chi connectivity index (χ0n) is 15.2. The summed E-state index contributed by atoms with van der Waals surface area (Å²) in [5.74, 6) is -3.03. The first-order chi connectivity index (χ1) is 14.0. The lowest BCUT2D eigenvalue weighted by Gasteiger charge is -2.06. The van der Waals surface area contributed by atoms with Crippen LogP contribution in [0, 0.1) is 11.6 Å². The maximum atomic E-state index is 13.5. The fraction of sp³-hybridized carbons (Fsp3) is 0.0952. The molecule has 0 radical (unpaired) electrons. The number of benzene rings is 2. The molecule has 29 heavy (non-hydrogen) atoms. The molecule has 0 fully saturated rings. The van der Waals surface area contributed by atoms with Crippen LogP contribution in [-0.4, -0.2) is 28.3 Å². The second-order valence-corrected chi connectivity index (χ2v) is 6.07. The normalized spacial score (nSPS) is 10.8. The molecule has 2 aromatic carbocycles.